The summed E-state index contributed by atoms with van der Waals surface area (Å²) in [6.45, 7) is 4.05. The van der Waals surface area contributed by atoms with Crippen LogP contribution >= 0.6 is 0 Å². The first kappa shape index (κ1) is 24.6. The molecule has 2 aromatic heterocycles. The van der Waals surface area contributed by atoms with Gasteiger partial charge in [0, 0.05) is 49.1 Å². The molecule has 2 aliphatic rings. The predicted octanol–water partition coefficient (Wildman–Crippen LogP) is 6.78. The molecule has 38 heavy (non-hydrogen) atoms. The average Bonchev–Trinajstić information content (AvgIpc) is 3.41. The summed E-state index contributed by atoms with van der Waals surface area (Å²) in [5, 5.41) is 11.8. The Labute approximate surface area is 224 Å². The molecule has 1 N–H and O–H groups in total. The van der Waals surface area contributed by atoms with Gasteiger partial charge in [-0.2, -0.15) is 0 Å². The van der Waals surface area contributed by atoms with E-state index >= 15 is 0 Å². The third kappa shape index (κ3) is 5.72. The van der Waals surface area contributed by atoms with Crippen LogP contribution in [0.25, 0.3) is 22.7 Å². The van der Waals surface area contributed by atoms with Gasteiger partial charge in [-0.05, 0) is 74.3 Å². The molecule has 2 fully saturated rings. The number of nitrogens with zero attached hydrogens (tertiary/aromatic N) is 5. The molecular weight excluding hydrogens is 472 g/mol. The van der Waals surface area contributed by atoms with Gasteiger partial charge in [0.1, 0.15) is 0 Å². The molecule has 0 bridgehead atoms. The lowest BCUT2D eigenvalue weighted by Crippen LogP contribution is -2.39. The standard InChI is InChI=1S/C31H36N6O/c1-22-35-36-30(38-22)25-13-15-27(16-14-25)37-19-7-8-23(21-37)20-26-11-5-6-12-28(26)33-31-32-18-17-29(34-31)24-9-3-2-4-10-24/h2-4,9-10,13-18,23,26,28H,5-8,11-12,19-21H2,1H3,(H,32,33,34)/t23-,26+,28-/m1/s1. The molecule has 6 rings (SSSR count). The largest absolute Gasteiger partial charge is 0.421 e. The zero-order chi connectivity index (χ0) is 25.7. The number of piperidine rings is 1. The van der Waals surface area contributed by atoms with Crippen molar-refractivity contribution >= 4 is 11.6 Å². The molecule has 7 heteroatoms. The number of aromatic nitrogens is 4. The van der Waals surface area contributed by atoms with E-state index in [2.05, 4.69) is 73.9 Å². The van der Waals surface area contributed by atoms with Crippen LogP contribution in [0.1, 0.15) is 50.8 Å². The predicted molar refractivity (Wildman–Crippen MR) is 151 cm³/mol. The van der Waals surface area contributed by atoms with Crippen LogP contribution in [0.3, 0.4) is 0 Å². The van der Waals surface area contributed by atoms with Crippen LogP contribution < -0.4 is 10.2 Å². The second kappa shape index (κ2) is 11.3. The van der Waals surface area contributed by atoms with Crippen LogP contribution in [0.15, 0.2) is 71.3 Å². The monoisotopic (exact) mass is 508 g/mol. The van der Waals surface area contributed by atoms with E-state index in [4.69, 9.17) is 9.40 Å². The van der Waals surface area contributed by atoms with Crippen LogP contribution in [0.4, 0.5) is 11.6 Å². The lowest BCUT2D eigenvalue weighted by Gasteiger charge is -2.39. The van der Waals surface area contributed by atoms with Crippen molar-refractivity contribution in [3.05, 3.63) is 72.8 Å². The number of anilines is 2. The topological polar surface area (TPSA) is 80.0 Å². The molecule has 0 radical (unpaired) electrons. The second-order valence-electron chi connectivity index (χ2n) is 10.8. The Kier molecular flexibility index (Phi) is 7.33. The first-order valence-electron chi connectivity index (χ1n) is 14.0. The fraction of sp³-hybridized carbons (Fsp3) is 0.419. The van der Waals surface area contributed by atoms with Crippen molar-refractivity contribution in [2.75, 3.05) is 23.3 Å². The molecule has 1 aliphatic heterocycles. The fourth-order valence-corrected chi connectivity index (χ4v) is 6.19. The molecule has 1 aliphatic carbocycles. The van der Waals surface area contributed by atoms with Crippen LogP contribution in [-0.2, 0) is 0 Å². The van der Waals surface area contributed by atoms with Gasteiger partial charge in [-0.1, -0.05) is 43.2 Å². The fourth-order valence-electron chi connectivity index (χ4n) is 6.19. The summed E-state index contributed by atoms with van der Waals surface area (Å²) in [6.07, 6.45) is 10.7. The minimum absolute atomic E-state index is 0.433. The third-order valence-corrected chi connectivity index (χ3v) is 8.11. The van der Waals surface area contributed by atoms with Gasteiger partial charge in [0.05, 0.1) is 5.69 Å². The van der Waals surface area contributed by atoms with Crippen molar-refractivity contribution in [2.24, 2.45) is 11.8 Å². The normalized spacial score (nSPS) is 21.8. The van der Waals surface area contributed by atoms with Crippen LogP contribution in [0, 0.1) is 18.8 Å². The van der Waals surface area contributed by atoms with Crippen molar-refractivity contribution in [1.29, 1.82) is 0 Å². The van der Waals surface area contributed by atoms with E-state index < -0.39 is 0 Å². The summed E-state index contributed by atoms with van der Waals surface area (Å²) < 4.78 is 5.59. The van der Waals surface area contributed by atoms with Crippen molar-refractivity contribution in [1.82, 2.24) is 20.2 Å². The second-order valence-corrected chi connectivity index (χ2v) is 10.8. The Morgan fingerprint density at radius 3 is 2.55 bits per heavy atom. The third-order valence-electron chi connectivity index (χ3n) is 8.11. The summed E-state index contributed by atoms with van der Waals surface area (Å²) >= 11 is 0. The van der Waals surface area contributed by atoms with Gasteiger partial charge in [-0.3, -0.25) is 0 Å². The van der Waals surface area contributed by atoms with E-state index in [9.17, 15) is 0 Å². The summed E-state index contributed by atoms with van der Waals surface area (Å²) in [4.78, 5) is 12.0. The van der Waals surface area contributed by atoms with Crippen LogP contribution in [0.2, 0.25) is 0 Å². The van der Waals surface area contributed by atoms with Gasteiger partial charge in [-0.25, -0.2) is 9.97 Å². The summed E-state index contributed by atoms with van der Waals surface area (Å²) in [7, 11) is 0. The maximum Gasteiger partial charge on any atom is 0.247 e. The minimum Gasteiger partial charge on any atom is -0.421 e. The van der Waals surface area contributed by atoms with E-state index in [0.29, 0.717) is 29.7 Å². The van der Waals surface area contributed by atoms with Crippen molar-refractivity contribution in [2.45, 2.75) is 57.9 Å². The van der Waals surface area contributed by atoms with Crippen molar-refractivity contribution < 1.29 is 4.42 Å². The van der Waals surface area contributed by atoms with Crippen LogP contribution in [-0.4, -0.2) is 39.3 Å². The maximum absolute atomic E-state index is 5.59. The number of benzene rings is 2. The quantitative estimate of drug-likeness (QED) is 0.295. The van der Waals surface area contributed by atoms with Gasteiger partial charge < -0.3 is 14.6 Å². The van der Waals surface area contributed by atoms with Gasteiger partial charge in [-0.15, -0.1) is 10.2 Å². The first-order valence-corrected chi connectivity index (χ1v) is 14.0. The van der Waals surface area contributed by atoms with Gasteiger partial charge >= 0.3 is 0 Å². The van der Waals surface area contributed by atoms with Crippen molar-refractivity contribution in [3.63, 3.8) is 0 Å². The summed E-state index contributed by atoms with van der Waals surface area (Å²) in [5.41, 5.74) is 4.34. The average molecular weight is 509 g/mol. The highest BCUT2D eigenvalue weighted by Gasteiger charge is 2.30. The Morgan fingerprint density at radius 2 is 1.74 bits per heavy atom. The van der Waals surface area contributed by atoms with E-state index in [-0.39, 0.29) is 0 Å². The number of hydrogen-bond donors (Lipinski definition) is 1. The van der Waals surface area contributed by atoms with E-state index in [1.54, 1.807) is 0 Å². The highest BCUT2D eigenvalue weighted by Crippen LogP contribution is 2.35. The lowest BCUT2D eigenvalue weighted by molar-refractivity contribution is 0.247. The molecule has 0 amide bonds. The summed E-state index contributed by atoms with van der Waals surface area (Å²) in [5.74, 6) is 3.28. The molecule has 0 spiro atoms. The van der Waals surface area contributed by atoms with E-state index in [1.807, 2.05) is 25.3 Å². The molecule has 4 aromatic rings. The number of hydrogen-bond acceptors (Lipinski definition) is 7. The molecule has 0 unspecified atom stereocenters. The zero-order valence-electron chi connectivity index (χ0n) is 22.1. The molecule has 7 nitrogen and oxygen atoms in total. The van der Waals surface area contributed by atoms with Crippen LogP contribution in [0.5, 0.6) is 0 Å². The number of nitrogens with one attached hydrogen (secondary N) is 1. The minimum atomic E-state index is 0.433. The molecule has 3 atom stereocenters. The number of rotatable bonds is 7. The molecule has 2 aromatic carbocycles. The molecular formula is C31H36N6O. The Bertz CT molecular complexity index is 1320. The highest BCUT2D eigenvalue weighted by atomic mass is 16.4. The zero-order valence-corrected chi connectivity index (χ0v) is 22.1. The number of aryl methyl sites for hydroxylation is 1. The summed E-state index contributed by atoms with van der Waals surface area (Å²) in [6, 6.07) is 21.3. The molecule has 1 saturated carbocycles. The van der Waals surface area contributed by atoms with Crippen molar-refractivity contribution in [3.8, 4) is 22.7 Å². The Morgan fingerprint density at radius 1 is 0.895 bits per heavy atom. The molecule has 3 heterocycles. The SMILES string of the molecule is Cc1nnc(-c2ccc(N3CCC[C@H](C[C@@H]4CCCC[C@H]4Nc4nccc(-c5ccccc5)n4)C3)cc2)o1. The molecule has 196 valence electrons. The first-order chi connectivity index (χ1) is 18.7. The lowest BCUT2D eigenvalue weighted by atomic mass is 9.77. The highest BCUT2D eigenvalue weighted by molar-refractivity contribution is 5.60. The Hall–Kier alpha value is -3.74. The smallest absolute Gasteiger partial charge is 0.247 e. The Balaban J connectivity index is 1.10. The van der Waals surface area contributed by atoms with E-state index in [0.717, 1.165) is 35.9 Å². The van der Waals surface area contributed by atoms with Gasteiger partial charge in [0.2, 0.25) is 17.7 Å². The van der Waals surface area contributed by atoms with E-state index in [1.165, 1.54) is 50.6 Å². The van der Waals surface area contributed by atoms with Gasteiger partial charge in [0.15, 0.2) is 0 Å². The van der Waals surface area contributed by atoms with Gasteiger partial charge in [0.25, 0.3) is 0 Å². The maximum atomic E-state index is 5.59. The molecule has 1 saturated heterocycles.